The molecule has 0 aliphatic carbocycles. The fourth-order valence-electron chi connectivity index (χ4n) is 5.38. The molecule has 11 heteroatoms. The summed E-state index contributed by atoms with van der Waals surface area (Å²) in [7, 11) is 0. The van der Waals surface area contributed by atoms with Gasteiger partial charge < -0.3 is 15.2 Å². The van der Waals surface area contributed by atoms with Gasteiger partial charge in [0.05, 0.1) is 28.2 Å². The molecule has 0 saturated carbocycles. The Balaban J connectivity index is 1.32. The molecule has 0 radical (unpaired) electrons. The van der Waals surface area contributed by atoms with Crippen LogP contribution < -0.4 is 10.2 Å². The lowest BCUT2D eigenvalue weighted by molar-refractivity contribution is -0.147. The molecule has 1 atom stereocenters. The summed E-state index contributed by atoms with van der Waals surface area (Å²) in [5.74, 6) is -1.28. The molecule has 3 aromatic carbocycles. The zero-order valence-corrected chi connectivity index (χ0v) is 25.9. The molecule has 1 aliphatic rings. The monoisotopic (exact) mass is 639 g/mol. The minimum Gasteiger partial charge on any atom is -0.369 e. The molecule has 1 unspecified atom stereocenters. The number of hydrogen-bond donors (Lipinski definition) is 2. The van der Waals surface area contributed by atoms with Crippen LogP contribution in [0.1, 0.15) is 18.1 Å². The second-order valence-corrected chi connectivity index (χ2v) is 11.8. The van der Waals surface area contributed by atoms with Crippen LogP contribution in [0.4, 0.5) is 5.69 Å². The van der Waals surface area contributed by atoms with E-state index < -0.39 is 17.9 Å². The van der Waals surface area contributed by atoms with Gasteiger partial charge in [0.25, 0.3) is 5.91 Å². The van der Waals surface area contributed by atoms with Crippen LogP contribution >= 0.6 is 34.8 Å². The van der Waals surface area contributed by atoms with Gasteiger partial charge in [0.2, 0.25) is 11.8 Å². The Morgan fingerprint density at radius 2 is 1.58 bits per heavy atom. The van der Waals surface area contributed by atoms with E-state index in [9.17, 15) is 14.4 Å². The first kappa shape index (κ1) is 30.9. The number of rotatable bonds is 9. The lowest BCUT2D eigenvalue weighted by atomic mass is 10.0. The summed E-state index contributed by atoms with van der Waals surface area (Å²) in [6, 6.07) is 20.1. The molecule has 0 bridgehead atoms. The van der Waals surface area contributed by atoms with E-state index in [0.717, 1.165) is 40.1 Å². The zero-order valence-electron chi connectivity index (χ0n) is 23.7. The Morgan fingerprint density at radius 3 is 2.26 bits per heavy atom. The molecule has 5 rings (SSSR count). The SMILES string of the molecule is CC(=O)N(Cc1cc(Cl)c(Cl)c(Cl)c1)C(=O)C(Cc1c[nH]c2ccccc12)NC(=O)CN1CCN(c2ccccc2)CC1. The van der Waals surface area contributed by atoms with Gasteiger partial charge in [-0.15, -0.1) is 0 Å². The average Bonchev–Trinajstić information content (AvgIpc) is 3.41. The maximum absolute atomic E-state index is 14.0. The summed E-state index contributed by atoms with van der Waals surface area (Å²) in [6.45, 7) is 4.38. The molecule has 1 aromatic heterocycles. The van der Waals surface area contributed by atoms with Gasteiger partial charge in [-0.05, 0) is 41.5 Å². The standard InChI is InChI=1S/C32H32Cl3N5O3/c1-21(41)40(19-22-15-26(33)31(35)27(34)16-22)32(43)29(17-23-18-36-28-10-6-5-9-25(23)28)37-30(42)20-38-11-13-39(14-12-38)24-7-3-2-4-8-24/h2-10,15-16,18,29,36H,11-14,17,19-20H2,1H3,(H,37,42). The Kier molecular flexibility index (Phi) is 9.93. The minimum absolute atomic E-state index is 0.0769. The van der Waals surface area contributed by atoms with Crippen molar-refractivity contribution in [2.75, 3.05) is 37.6 Å². The zero-order chi connectivity index (χ0) is 30.5. The van der Waals surface area contributed by atoms with E-state index in [-0.39, 0.29) is 40.5 Å². The number of aromatic amines is 1. The highest BCUT2D eigenvalue weighted by molar-refractivity contribution is 6.48. The molecule has 1 saturated heterocycles. The van der Waals surface area contributed by atoms with E-state index >= 15 is 0 Å². The van der Waals surface area contributed by atoms with Crippen molar-refractivity contribution in [2.45, 2.75) is 25.9 Å². The van der Waals surface area contributed by atoms with Crippen molar-refractivity contribution >= 4 is 69.1 Å². The number of imide groups is 1. The molecule has 2 N–H and O–H groups in total. The number of anilines is 1. The topological polar surface area (TPSA) is 88.8 Å². The first-order valence-corrected chi connectivity index (χ1v) is 15.1. The number of carbonyl (C=O) groups is 3. The summed E-state index contributed by atoms with van der Waals surface area (Å²) >= 11 is 18.5. The number of para-hydroxylation sites is 2. The number of nitrogens with zero attached hydrogens (tertiary/aromatic N) is 3. The van der Waals surface area contributed by atoms with E-state index in [1.165, 1.54) is 6.92 Å². The number of halogens is 3. The van der Waals surface area contributed by atoms with Gasteiger partial charge in [-0.25, -0.2) is 0 Å². The number of H-pyrrole nitrogens is 1. The lowest BCUT2D eigenvalue weighted by Crippen LogP contribution is -2.54. The normalized spacial score (nSPS) is 14.5. The van der Waals surface area contributed by atoms with Crippen molar-refractivity contribution in [3.63, 3.8) is 0 Å². The highest BCUT2D eigenvalue weighted by Gasteiger charge is 2.31. The van der Waals surface area contributed by atoms with Crippen LogP contribution in [-0.2, 0) is 27.3 Å². The Hall–Kier alpha value is -3.56. The third kappa shape index (κ3) is 7.51. The van der Waals surface area contributed by atoms with E-state index in [1.54, 1.807) is 12.1 Å². The number of hydrogen-bond acceptors (Lipinski definition) is 5. The number of aromatic nitrogens is 1. The molecule has 1 aliphatic heterocycles. The van der Waals surface area contributed by atoms with Crippen LogP contribution in [-0.4, -0.2) is 71.3 Å². The molecule has 43 heavy (non-hydrogen) atoms. The van der Waals surface area contributed by atoms with Crippen LogP contribution in [0.25, 0.3) is 10.9 Å². The third-order valence-electron chi connectivity index (χ3n) is 7.62. The van der Waals surface area contributed by atoms with Crippen molar-refractivity contribution in [3.05, 3.63) is 99.1 Å². The molecule has 3 amide bonds. The van der Waals surface area contributed by atoms with Crippen LogP contribution in [0, 0.1) is 0 Å². The number of fused-ring (bicyclic) bond motifs is 1. The first-order valence-electron chi connectivity index (χ1n) is 14.0. The van der Waals surface area contributed by atoms with E-state index in [2.05, 4.69) is 32.2 Å². The summed E-state index contributed by atoms with van der Waals surface area (Å²) in [4.78, 5) is 48.8. The number of piperazine rings is 1. The van der Waals surface area contributed by atoms with Crippen molar-refractivity contribution in [2.24, 2.45) is 0 Å². The maximum Gasteiger partial charge on any atom is 0.252 e. The van der Waals surface area contributed by atoms with Gasteiger partial charge in [-0.3, -0.25) is 24.2 Å². The van der Waals surface area contributed by atoms with E-state index in [0.29, 0.717) is 18.7 Å². The van der Waals surface area contributed by atoms with Crippen molar-refractivity contribution < 1.29 is 14.4 Å². The van der Waals surface area contributed by atoms with Crippen molar-refractivity contribution in [1.29, 1.82) is 0 Å². The van der Waals surface area contributed by atoms with Gasteiger partial charge in [0.1, 0.15) is 6.04 Å². The Labute approximate surface area is 265 Å². The van der Waals surface area contributed by atoms with Crippen LogP contribution in [0.3, 0.4) is 0 Å². The highest BCUT2D eigenvalue weighted by atomic mass is 35.5. The number of benzene rings is 3. The molecule has 1 fully saturated rings. The van der Waals surface area contributed by atoms with Gasteiger partial charge in [0, 0.05) is 62.3 Å². The fraction of sp³-hybridized carbons (Fsp3) is 0.281. The molecule has 224 valence electrons. The molecular weight excluding hydrogens is 609 g/mol. The molecular formula is C32H32Cl3N5O3. The maximum atomic E-state index is 14.0. The van der Waals surface area contributed by atoms with Crippen LogP contribution in [0.15, 0.2) is 72.9 Å². The quantitative estimate of drug-likeness (QED) is 0.234. The second-order valence-electron chi connectivity index (χ2n) is 10.6. The van der Waals surface area contributed by atoms with Gasteiger partial charge in [-0.1, -0.05) is 71.2 Å². The summed E-state index contributed by atoms with van der Waals surface area (Å²) in [6.07, 6.45) is 2.03. The Bertz CT molecular complexity index is 1600. The molecule has 0 spiro atoms. The fourth-order valence-corrected chi connectivity index (χ4v) is 6.02. The minimum atomic E-state index is -0.987. The predicted octanol–water partition coefficient (Wildman–Crippen LogP) is 5.55. The number of nitrogens with one attached hydrogen (secondary N) is 2. The van der Waals surface area contributed by atoms with E-state index in [4.69, 9.17) is 34.8 Å². The summed E-state index contributed by atoms with van der Waals surface area (Å²) in [5, 5.41) is 4.51. The highest BCUT2D eigenvalue weighted by Crippen LogP contribution is 2.32. The van der Waals surface area contributed by atoms with Crippen molar-refractivity contribution in [1.82, 2.24) is 20.1 Å². The lowest BCUT2D eigenvalue weighted by Gasteiger charge is -2.36. The Morgan fingerprint density at radius 1 is 0.930 bits per heavy atom. The number of carbonyl (C=O) groups excluding carboxylic acids is 3. The predicted molar refractivity (Wildman–Crippen MR) is 172 cm³/mol. The summed E-state index contributed by atoms with van der Waals surface area (Å²) in [5.41, 5.74) is 3.46. The second kappa shape index (κ2) is 13.8. The van der Waals surface area contributed by atoms with E-state index in [1.807, 2.05) is 48.7 Å². The summed E-state index contributed by atoms with van der Waals surface area (Å²) < 4.78 is 0. The smallest absolute Gasteiger partial charge is 0.252 e. The van der Waals surface area contributed by atoms with Crippen LogP contribution in [0.5, 0.6) is 0 Å². The average molecular weight is 641 g/mol. The van der Waals surface area contributed by atoms with Gasteiger partial charge >= 0.3 is 0 Å². The molecule has 4 aromatic rings. The van der Waals surface area contributed by atoms with Gasteiger partial charge in [-0.2, -0.15) is 0 Å². The first-order chi connectivity index (χ1) is 20.7. The molecule has 8 nitrogen and oxygen atoms in total. The molecule has 2 heterocycles. The largest absolute Gasteiger partial charge is 0.369 e. The van der Waals surface area contributed by atoms with Crippen LogP contribution in [0.2, 0.25) is 15.1 Å². The number of amides is 3. The third-order valence-corrected chi connectivity index (χ3v) is 8.82. The van der Waals surface area contributed by atoms with Gasteiger partial charge in [0.15, 0.2) is 0 Å². The van der Waals surface area contributed by atoms with Crippen molar-refractivity contribution in [3.8, 4) is 0 Å².